The highest BCUT2D eigenvalue weighted by Gasteiger charge is 2.28. The molecule has 0 saturated heterocycles. The van der Waals surface area contributed by atoms with Crippen molar-refractivity contribution < 1.29 is 9.50 Å². The molecule has 2 nitrogen and oxygen atoms in total. The van der Waals surface area contributed by atoms with Gasteiger partial charge in [0.25, 0.3) is 0 Å². The lowest BCUT2D eigenvalue weighted by Crippen LogP contribution is -2.21. The van der Waals surface area contributed by atoms with E-state index in [0.29, 0.717) is 17.2 Å². The molecule has 1 N–H and O–H groups in total. The van der Waals surface area contributed by atoms with Gasteiger partial charge in [-0.25, -0.2) is 4.39 Å². The van der Waals surface area contributed by atoms with Gasteiger partial charge in [-0.3, -0.25) is 0 Å². The summed E-state index contributed by atoms with van der Waals surface area (Å²) in [7, 11) is 2.01. The lowest BCUT2D eigenvalue weighted by Gasteiger charge is -2.24. The molecule has 16 heavy (non-hydrogen) atoms. The molecule has 1 atom stereocenters. The Morgan fingerprint density at radius 2 is 2.06 bits per heavy atom. The van der Waals surface area contributed by atoms with Crippen LogP contribution >= 0.6 is 0 Å². The van der Waals surface area contributed by atoms with Crippen molar-refractivity contribution in [3.63, 3.8) is 0 Å². The zero-order valence-electron chi connectivity index (χ0n) is 10.00. The number of aryl methyl sites for hydroxylation is 1. The molecule has 0 aliphatic heterocycles. The summed E-state index contributed by atoms with van der Waals surface area (Å²) in [6.45, 7) is 3.43. The molecule has 0 bridgehead atoms. The zero-order chi connectivity index (χ0) is 11.9. The van der Waals surface area contributed by atoms with E-state index in [9.17, 15) is 9.50 Å². The summed E-state index contributed by atoms with van der Waals surface area (Å²) in [4.78, 5) is 2.15. The predicted molar refractivity (Wildman–Crippen MR) is 63.2 cm³/mol. The Hall–Kier alpha value is -1.09. The molecule has 1 aliphatic carbocycles. The Kier molecular flexibility index (Phi) is 2.89. The standard InChI is InChI=1S/C13H18FNO/c1-8-6-13(15(3)10-4-5-10)11(9(2)16)7-12(8)14/h6-7,9-10,16H,4-5H2,1-3H3/t9-/m1/s1. The first-order valence-corrected chi connectivity index (χ1v) is 5.71. The highest BCUT2D eigenvalue weighted by Crippen LogP contribution is 2.35. The van der Waals surface area contributed by atoms with Crippen LogP contribution in [0.1, 0.15) is 37.0 Å². The molecule has 1 aliphatic rings. The van der Waals surface area contributed by atoms with Crippen LogP contribution in [0.3, 0.4) is 0 Å². The molecule has 1 aromatic carbocycles. The average molecular weight is 223 g/mol. The normalized spacial score (nSPS) is 17.3. The van der Waals surface area contributed by atoms with E-state index >= 15 is 0 Å². The molecule has 0 heterocycles. The number of aliphatic hydroxyl groups excluding tert-OH is 1. The van der Waals surface area contributed by atoms with Crippen LogP contribution in [0.25, 0.3) is 0 Å². The van der Waals surface area contributed by atoms with Gasteiger partial charge in [0.15, 0.2) is 0 Å². The van der Waals surface area contributed by atoms with Gasteiger partial charge in [-0.05, 0) is 44.4 Å². The Labute approximate surface area is 95.7 Å². The number of hydrogen-bond acceptors (Lipinski definition) is 2. The third-order valence-corrected chi connectivity index (χ3v) is 3.23. The van der Waals surface area contributed by atoms with Crippen molar-refractivity contribution >= 4 is 5.69 Å². The van der Waals surface area contributed by atoms with Crippen molar-refractivity contribution in [1.82, 2.24) is 0 Å². The highest BCUT2D eigenvalue weighted by molar-refractivity contribution is 5.57. The Bertz CT molecular complexity index is 399. The maximum Gasteiger partial charge on any atom is 0.126 e. The van der Waals surface area contributed by atoms with Crippen LogP contribution in [-0.4, -0.2) is 18.2 Å². The van der Waals surface area contributed by atoms with E-state index in [1.807, 2.05) is 13.1 Å². The molecule has 2 rings (SSSR count). The SMILES string of the molecule is Cc1cc(N(C)C2CC2)c([C@@H](C)O)cc1F. The largest absolute Gasteiger partial charge is 0.389 e. The third kappa shape index (κ3) is 2.05. The number of hydrogen-bond donors (Lipinski definition) is 1. The topological polar surface area (TPSA) is 23.5 Å². The molecule has 88 valence electrons. The summed E-state index contributed by atoms with van der Waals surface area (Å²) in [5.74, 6) is -0.246. The molecule has 0 amide bonds. The lowest BCUT2D eigenvalue weighted by atomic mass is 10.0. The van der Waals surface area contributed by atoms with E-state index in [0.717, 1.165) is 5.69 Å². The van der Waals surface area contributed by atoms with Crippen molar-refractivity contribution in [3.05, 3.63) is 29.1 Å². The van der Waals surface area contributed by atoms with Crippen LogP contribution < -0.4 is 4.90 Å². The van der Waals surface area contributed by atoms with Crippen molar-refractivity contribution in [2.45, 2.75) is 38.8 Å². The van der Waals surface area contributed by atoms with Crippen molar-refractivity contribution in [2.24, 2.45) is 0 Å². The van der Waals surface area contributed by atoms with Crippen molar-refractivity contribution in [1.29, 1.82) is 0 Å². The van der Waals surface area contributed by atoms with E-state index in [4.69, 9.17) is 0 Å². The van der Waals surface area contributed by atoms with E-state index in [-0.39, 0.29) is 5.82 Å². The van der Waals surface area contributed by atoms with Gasteiger partial charge >= 0.3 is 0 Å². The molecule has 3 heteroatoms. The fourth-order valence-electron chi connectivity index (χ4n) is 1.98. The first-order chi connectivity index (χ1) is 7.50. The van der Waals surface area contributed by atoms with Crippen molar-refractivity contribution in [3.8, 4) is 0 Å². The number of aliphatic hydroxyl groups is 1. The van der Waals surface area contributed by atoms with Crippen LogP contribution in [0.15, 0.2) is 12.1 Å². The van der Waals surface area contributed by atoms with Crippen LogP contribution in [0.2, 0.25) is 0 Å². The van der Waals surface area contributed by atoms with E-state index in [1.54, 1.807) is 13.8 Å². The summed E-state index contributed by atoms with van der Waals surface area (Å²) in [6, 6.07) is 3.84. The average Bonchev–Trinajstić information content (AvgIpc) is 3.03. The number of nitrogens with zero attached hydrogens (tertiary/aromatic N) is 1. The number of benzene rings is 1. The minimum atomic E-state index is -0.633. The van der Waals surface area contributed by atoms with Crippen LogP contribution in [0.5, 0.6) is 0 Å². The fraction of sp³-hybridized carbons (Fsp3) is 0.538. The lowest BCUT2D eigenvalue weighted by molar-refractivity contribution is 0.199. The molecule has 0 spiro atoms. The summed E-state index contributed by atoms with van der Waals surface area (Å²) < 4.78 is 13.5. The summed E-state index contributed by atoms with van der Waals surface area (Å²) in [6.07, 6.45) is 1.74. The second kappa shape index (κ2) is 4.06. The third-order valence-electron chi connectivity index (χ3n) is 3.23. The summed E-state index contributed by atoms with van der Waals surface area (Å²) >= 11 is 0. The molecular weight excluding hydrogens is 205 g/mol. The molecule has 1 aromatic rings. The van der Waals surface area contributed by atoms with Gasteiger partial charge in [0, 0.05) is 24.3 Å². The number of anilines is 1. The van der Waals surface area contributed by atoms with E-state index in [2.05, 4.69) is 4.90 Å². The minimum absolute atomic E-state index is 0.246. The Morgan fingerprint density at radius 1 is 1.44 bits per heavy atom. The second-order valence-corrected chi connectivity index (χ2v) is 4.68. The van der Waals surface area contributed by atoms with Gasteiger partial charge < -0.3 is 10.0 Å². The molecule has 1 fully saturated rings. The maximum atomic E-state index is 13.5. The number of halogens is 1. The Morgan fingerprint density at radius 3 is 2.56 bits per heavy atom. The first-order valence-electron chi connectivity index (χ1n) is 5.71. The van der Waals surface area contributed by atoms with Crippen LogP contribution in [0.4, 0.5) is 10.1 Å². The predicted octanol–water partition coefficient (Wildman–Crippen LogP) is 2.79. The fourth-order valence-corrected chi connectivity index (χ4v) is 1.98. The highest BCUT2D eigenvalue weighted by atomic mass is 19.1. The van der Waals surface area contributed by atoms with Gasteiger partial charge in [0.2, 0.25) is 0 Å². The maximum absolute atomic E-state index is 13.5. The van der Waals surface area contributed by atoms with Gasteiger partial charge in [-0.1, -0.05) is 0 Å². The number of rotatable bonds is 3. The van der Waals surface area contributed by atoms with Crippen molar-refractivity contribution in [2.75, 3.05) is 11.9 Å². The van der Waals surface area contributed by atoms with Gasteiger partial charge in [-0.15, -0.1) is 0 Å². The van der Waals surface area contributed by atoms with E-state index < -0.39 is 6.10 Å². The quantitative estimate of drug-likeness (QED) is 0.851. The van der Waals surface area contributed by atoms with Crippen LogP contribution in [0, 0.1) is 12.7 Å². The summed E-state index contributed by atoms with van der Waals surface area (Å²) in [5, 5.41) is 9.68. The monoisotopic (exact) mass is 223 g/mol. The van der Waals surface area contributed by atoms with E-state index in [1.165, 1.54) is 18.9 Å². The molecule has 0 aromatic heterocycles. The summed E-state index contributed by atoms with van der Waals surface area (Å²) in [5.41, 5.74) is 2.26. The molecule has 1 saturated carbocycles. The minimum Gasteiger partial charge on any atom is -0.389 e. The van der Waals surface area contributed by atoms with Gasteiger partial charge in [0.05, 0.1) is 6.10 Å². The molecule has 0 unspecified atom stereocenters. The first kappa shape index (κ1) is 11.4. The Balaban J connectivity index is 2.44. The van der Waals surface area contributed by atoms with Gasteiger partial charge in [0.1, 0.15) is 5.82 Å². The van der Waals surface area contributed by atoms with Crippen LogP contribution in [-0.2, 0) is 0 Å². The molecular formula is C13H18FNO. The zero-order valence-corrected chi connectivity index (χ0v) is 10.00. The second-order valence-electron chi connectivity index (χ2n) is 4.68. The molecule has 0 radical (unpaired) electrons. The van der Waals surface area contributed by atoms with Gasteiger partial charge in [-0.2, -0.15) is 0 Å². The smallest absolute Gasteiger partial charge is 0.126 e.